The first-order valence-electron chi connectivity index (χ1n) is 6.95. The minimum absolute atomic E-state index is 0.144. The number of Topliss-reactive ketones (excluding diaryl/α,β-unsaturated/α-hetero) is 1. The van der Waals surface area contributed by atoms with E-state index >= 15 is 0 Å². The maximum atomic E-state index is 12.4. The van der Waals surface area contributed by atoms with E-state index in [4.69, 9.17) is 0 Å². The van der Waals surface area contributed by atoms with E-state index in [2.05, 4.69) is 15.9 Å². The molecule has 2 rings (SSSR count). The van der Waals surface area contributed by atoms with E-state index in [9.17, 15) is 9.59 Å². The van der Waals surface area contributed by atoms with Crippen LogP contribution in [0.4, 0.5) is 0 Å². The molecule has 1 saturated heterocycles. The van der Waals surface area contributed by atoms with Crippen molar-refractivity contribution in [1.82, 2.24) is 4.90 Å². The van der Waals surface area contributed by atoms with Gasteiger partial charge in [-0.1, -0.05) is 28.1 Å². The van der Waals surface area contributed by atoms with E-state index in [-0.39, 0.29) is 17.2 Å². The number of carbonyl (C=O) groups is 2. The third-order valence-corrected chi connectivity index (χ3v) is 4.35. The van der Waals surface area contributed by atoms with Gasteiger partial charge in [-0.15, -0.1) is 0 Å². The maximum absolute atomic E-state index is 12.4. The molecule has 0 N–H and O–H groups in total. The number of aryl methyl sites for hydroxylation is 1. The molecule has 0 atom stereocenters. The molecule has 3 nitrogen and oxygen atoms in total. The van der Waals surface area contributed by atoms with Crippen LogP contribution >= 0.6 is 15.9 Å². The van der Waals surface area contributed by atoms with Crippen LogP contribution in [0.15, 0.2) is 28.7 Å². The summed E-state index contributed by atoms with van der Waals surface area (Å²) in [7, 11) is 0. The number of rotatable bonds is 3. The topological polar surface area (TPSA) is 37.4 Å². The summed E-state index contributed by atoms with van der Waals surface area (Å²) >= 11 is 3.40. The van der Waals surface area contributed by atoms with Crippen LogP contribution in [0.25, 0.3) is 0 Å². The van der Waals surface area contributed by atoms with Crippen molar-refractivity contribution < 1.29 is 9.59 Å². The molecule has 0 aromatic heterocycles. The van der Waals surface area contributed by atoms with Gasteiger partial charge in [0, 0.05) is 35.8 Å². The fraction of sp³-hybridized carbons (Fsp3) is 0.500. The van der Waals surface area contributed by atoms with Gasteiger partial charge in [0.2, 0.25) is 5.91 Å². The predicted molar refractivity (Wildman–Crippen MR) is 82.5 cm³/mol. The van der Waals surface area contributed by atoms with Crippen molar-refractivity contribution >= 4 is 27.6 Å². The second kappa shape index (κ2) is 6.08. The summed E-state index contributed by atoms with van der Waals surface area (Å²) in [6, 6.07) is 8.04. The number of nitrogens with zero attached hydrogens (tertiary/aromatic N) is 1. The third kappa shape index (κ3) is 3.69. The second-order valence-electron chi connectivity index (χ2n) is 5.95. The zero-order chi connectivity index (χ0) is 14.8. The predicted octanol–water partition coefficient (Wildman–Crippen LogP) is 3.35. The maximum Gasteiger partial charge on any atom is 0.223 e. The Bertz CT molecular complexity index is 508. The zero-order valence-corrected chi connectivity index (χ0v) is 13.6. The van der Waals surface area contributed by atoms with Gasteiger partial charge in [0.25, 0.3) is 0 Å². The van der Waals surface area contributed by atoms with Crippen molar-refractivity contribution in [3.05, 3.63) is 34.3 Å². The molecule has 1 aromatic carbocycles. The Morgan fingerprint density at radius 3 is 2.55 bits per heavy atom. The van der Waals surface area contributed by atoms with E-state index in [0.717, 1.165) is 16.5 Å². The van der Waals surface area contributed by atoms with Crippen LogP contribution < -0.4 is 0 Å². The standard InChI is InChI=1S/C16H20BrNO2/c1-16(2)11-14(19)9-10-18(16)15(20)8-5-12-3-6-13(17)7-4-12/h3-4,6-7H,5,8-11H2,1-2H3. The zero-order valence-electron chi connectivity index (χ0n) is 12.0. The molecule has 1 heterocycles. The average molecular weight is 338 g/mol. The molecule has 0 bridgehead atoms. The third-order valence-electron chi connectivity index (χ3n) is 3.82. The highest BCUT2D eigenvalue weighted by molar-refractivity contribution is 9.10. The van der Waals surface area contributed by atoms with E-state index in [1.807, 2.05) is 43.0 Å². The Hall–Kier alpha value is -1.16. The van der Waals surface area contributed by atoms with Gasteiger partial charge in [0.15, 0.2) is 0 Å². The highest BCUT2D eigenvalue weighted by atomic mass is 79.9. The highest BCUT2D eigenvalue weighted by Gasteiger charge is 2.36. The first-order chi connectivity index (χ1) is 9.38. The summed E-state index contributed by atoms with van der Waals surface area (Å²) in [4.78, 5) is 25.8. The summed E-state index contributed by atoms with van der Waals surface area (Å²) in [5, 5.41) is 0. The molecule has 0 radical (unpaired) electrons. The highest BCUT2D eigenvalue weighted by Crippen LogP contribution is 2.26. The Kier molecular flexibility index (Phi) is 4.63. The Balaban J connectivity index is 1.94. The molecule has 1 amide bonds. The molecule has 20 heavy (non-hydrogen) atoms. The molecule has 0 unspecified atom stereocenters. The molecule has 0 saturated carbocycles. The van der Waals surface area contributed by atoms with Gasteiger partial charge in [0.1, 0.15) is 5.78 Å². The number of carbonyl (C=O) groups excluding carboxylic acids is 2. The van der Waals surface area contributed by atoms with Gasteiger partial charge < -0.3 is 4.90 Å². The lowest BCUT2D eigenvalue weighted by Crippen LogP contribution is -2.53. The Morgan fingerprint density at radius 1 is 1.30 bits per heavy atom. The van der Waals surface area contributed by atoms with Gasteiger partial charge in [0.05, 0.1) is 0 Å². The summed E-state index contributed by atoms with van der Waals surface area (Å²) in [6.07, 6.45) is 2.20. The van der Waals surface area contributed by atoms with Crippen LogP contribution in [-0.2, 0) is 16.0 Å². The quantitative estimate of drug-likeness (QED) is 0.848. The van der Waals surface area contributed by atoms with E-state index in [0.29, 0.717) is 25.8 Å². The molecule has 108 valence electrons. The average Bonchev–Trinajstić information content (AvgIpc) is 2.36. The van der Waals surface area contributed by atoms with E-state index in [1.54, 1.807) is 0 Å². The van der Waals surface area contributed by atoms with Crippen LogP contribution in [-0.4, -0.2) is 28.7 Å². The molecule has 1 aliphatic heterocycles. The summed E-state index contributed by atoms with van der Waals surface area (Å²) in [5.74, 6) is 0.400. The van der Waals surface area contributed by atoms with Gasteiger partial charge in [-0.05, 0) is 38.0 Å². The number of ketones is 1. The van der Waals surface area contributed by atoms with Gasteiger partial charge in [-0.3, -0.25) is 9.59 Å². The number of hydrogen-bond donors (Lipinski definition) is 0. The normalized spacial score (nSPS) is 18.1. The monoisotopic (exact) mass is 337 g/mol. The van der Waals surface area contributed by atoms with Gasteiger partial charge in [-0.25, -0.2) is 0 Å². The summed E-state index contributed by atoms with van der Waals surface area (Å²) in [6.45, 7) is 4.51. The fourth-order valence-corrected chi connectivity index (χ4v) is 2.97. The van der Waals surface area contributed by atoms with E-state index < -0.39 is 0 Å². The minimum Gasteiger partial charge on any atom is -0.337 e. The molecule has 1 aromatic rings. The smallest absolute Gasteiger partial charge is 0.223 e. The van der Waals surface area contributed by atoms with Crippen molar-refractivity contribution in [3.63, 3.8) is 0 Å². The Morgan fingerprint density at radius 2 is 1.95 bits per heavy atom. The second-order valence-corrected chi connectivity index (χ2v) is 6.87. The first-order valence-corrected chi connectivity index (χ1v) is 7.74. The SMILES string of the molecule is CC1(C)CC(=O)CCN1C(=O)CCc1ccc(Br)cc1. The van der Waals surface area contributed by atoms with Crippen LogP contribution in [0.3, 0.4) is 0 Å². The van der Waals surface area contributed by atoms with Crippen LogP contribution in [0.2, 0.25) is 0 Å². The number of piperidine rings is 1. The first kappa shape index (κ1) is 15.2. The number of likely N-dealkylation sites (tertiary alicyclic amines) is 1. The molecule has 4 heteroatoms. The summed E-state index contributed by atoms with van der Waals surface area (Å²) in [5.41, 5.74) is 0.819. The van der Waals surface area contributed by atoms with Crippen molar-refractivity contribution in [2.45, 2.75) is 45.1 Å². The largest absolute Gasteiger partial charge is 0.337 e. The number of amides is 1. The van der Waals surface area contributed by atoms with Crippen LogP contribution in [0.5, 0.6) is 0 Å². The van der Waals surface area contributed by atoms with Crippen molar-refractivity contribution in [2.24, 2.45) is 0 Å². The fourth-order valence-electron chi connectivity index (χ4n) is 2.71. The van der Waals surface area contributed by atoms with Gasteiger partial charge >= 0.3 is 0 Å². The van der Waals surface area contributed by atoms with E-state index in [1.165, 1.54) is 0 Å². The lowest BCUT2D eigenvalue weighted by molar-refractivity contribution is -0.142. The molecular weight excluding hydrogens is 318 g/mol. The van der Waals surface area contributed by atoms with Crippen molar-refractivity contribution in [3.8, 4) is 0 Å². The molecule has 0 spiro atoms. The Labute approximate surface area is 128 Å². The number of benzene rings is 1. The van der Waals surface area contributed by atoms with Crippen molar-refractivity contribution in [1.29, 1.82) is 0 Å². The minimum atomic E-state index is -0.341. The molecular formula is C16H20BrNO2. The molecule has 0 aliphatic carbocycles. The number of hydrogen-bond acceptors (Lipinski definition) is 2. The molecule has 1 fully saturated rings. The van der Waals surface area contributed by atoms with Crippen molar-refractivity contribution in [2.75, 3.05) is 6.54 Å². The number of halogens is 1. The summed E-state index contributed by atoms with van der Waals surface area (Å²) < 4.78 is 1.04. The van der Waals surface area contributed by atoms with Crippen LogP contribution in [0, 0.1) is 0 Å². The lowest BCUT2D eigenvalue weighted by Gasteiger charge is -2.41. The molecule has 1 aliphatic rings. The lowest BCUT2D eigenvalue weighted by atomic mass is 9.89. The van der Waals surface area contributed by atoms with Crippen LogP contribution in [0.1, 0.15) is 38.7 Å². The van der Waals surface area contributed by atoms with Gasteiger partial charge in [-0.2, -0.15) is 0 Å².